The molecule has 0 aliphatic heterocycles. The molecule has 130 valence electrons. The number of nitrogens with zero attached hydrogens (tertiary/aromatic N) is 1. The lowest BCUT2D eigenvalue weighted by Crippen LogP contribution is -2.41. The third-order valence-corrected chi connectivity index (χ3v) is 5.38. The Kier molecular flexibility index (Phi) is 6.44. The van der Waals surface area contributed by atoms with Crippen LogP contribution < -0.4 is 4.74 Å². The first-order valence-electron chi connectivity index (χ1n) is 8.10. The standard InChI is InChI=1S/C17H27NO4S/c1-22-17-5-3-4-14(12-17)13-18(10-11-23(2,20)21)15-6-8-16(19)9-7-15/h3-5,12,15-16,19H,6-11,13H2,1-2H3. The highest BCUT2D eigenvalue weighted by Gasteiger charge is 2.25. The monoisotopic (exact) mass is 341 g/mol. The van der Waals surface area contributed by atoms with Crippen LogP contribution in [0.15, 0.2) is 24.3 Å². The molecule has 0 amide bonds. The first kappa shape index (κ1) is 18.2. The van der Waals surface area contributed by atoms with Crippen molar-refractivity contribution in [1.29, 1.82) is 0 Å². The number of rotatable bonds is 7. The van der Waals surface area contributed by atoms with Crippen molar-refractivity contribution < 1.29 is 18.3 Å². The van der Waals surface area contributed by atoms with Gasteiger partial charge in [-0.05, 0) is 43.4 Å². The normalized spacial score (nSPS) is 22.3. The second-order valence-electron chi connectivity index (χ2n) is 6.41. The molecule has 23 heavy (non-hydrogen) atoms. The first-order valence-corrected chi connectivity index (χ1v) is 10.2. The fourth-order valence-electron chi connectivity index (χ4n) is 3.10. The molecule has 6 heteroatoms. The summed E-state index contributed by atoms with van der Waals surface area (Å²) in [4.78, 5) is 2.24. The van der Waals surface area contributed by atoms with E-state index in [2.05, 4.69) is 4.90 Å². The van der Waals surface area contributed by atoms with Crippen molar-refractivity contribution in [2.75, 3.05) is 25.7 Å². The molecule has 1 saturated carbocycles. The Hall–Kier alpha value is -1.11. The molecule has 1 N–H and O–H groups in total. The van der Waals surface area contributed by atoms with E-state index in [9.17, 15) is 13.5 Å². The maximum atomic E-state index is 11.5. The minimum absolute atomic E-state index is 0.163. The maximum absolute atomic E-state index is 11.5. The van der Waals surface area contributed by atoms with Gasteiger partial charge >= 0.3 is 0 Å². The van der Waals surface area contributed by atoms with Gasteiger partial charge in [-0.2, -0.15) is 0 Å². The maximum Gasteiger partial charge on any atom is 0.148 e. The summed E-state index contributed by atoms with van der Waals surface area (Å²) in [5, 5.41) is 9.69. The summed E-state index contributed by atoms with van der Waals surface area (Å²) in [6.45, 7) is 1.23. The summed E-state index contributed by atoms with van der Waals surface area (Å²) in [7, 11) is -1.35. The minimum Gasteiger partial charge on any atom is -0.497 e. The number of hydrogen-bond donors (Lipinski definition) is 1. The number of benzene rings is 1. The molecule has 0 atom stereocenters. The first-order chi connectivity index (χ1) is 10.9. The Balaban J connectivity index is 2.08. The van der Waals surface area contributed by atoms with Gasteiger partial charge in [-0.15, -0.1) is 0 Å². The van der Waals surface area contributed by atoms with Crippen LogP contribution in [0.3, 0.4) is 0 Å². The number of aliphatic hydroxyl groups is 1. The summed E-state index contributed by atoms with van der Waals surface area (Å²) >= 11 is 0. The summed E-state index contributed by atoms with van der Waals surface area (Å²) in [6.07, 6.45) is 4.47. The highest BCUT2D eigenvalue weighted by atomic mass is 32.2. The van der Waals surface area contributed by atoms with E-state index in [1.54, 1.807) is 7.11 Å². The molecule has 0 saturated heterocycles. The Labute approximate surface area is 139 Å². The van der Waals surface area contributed by atoms with Crippen molar-refractivity contribution in [3.05, 3.63) is 29.8 Å². The molecule has 1 aliphatic carbocycles. The van der Waals surface area contributed by atoms with Gasteiger partial charge in [0.05, 0.1) is 19.0 Å². The van der Waals surface area contributed by atoms with Gasteiger partial charge in [0.2, 0.25) is 0 Å². The van der Waals surface area contributed by atoms with Crippen molar-refractivity contribution in [3.8, 4) is 5.75 Å². The van der Waals surface area contributed by atoms with Gasteiger partial charge in [-0.1, -0.05) is 12.1 Å². The van der Waals surface area contributed by atoms with Crippen molar-refractivity contribution in [1.82, 2.24) is 4.90 Å². The molecule has 2 rings (SSSR count). The van der Waals surface area contributed by atoms with E-state index < -0.39 is 9.84 Å². The number of aliphatic hydroxyl groups excluding tert-OH is 1. The van der Waals surface area contributed by atoms with E-state index in [0.717, 1.165) is 37.0 Å². The molecule has 0 unspecified atom stereocenters. The predicted octanol–water partition coefficient (Wildman–Crippen LogP) is 1.85. The molecule has 1 aliphatic rings. The van der Waals surface area contributed by atoms with Crippen LogP contribution in [0.2, 0.25) is 0 Å². The number of hydrogen-bond acceptors (Lipinski definition) is 5. The minimum atomic E-state index is -2.99. The van der Waals surface area contributed by atoms with E-state index >= 15 is 0 Å². The average molecular weight is 341 g/mol. The number of methoxy groups -OCH3 is 1. The molecule has 0 aromatic heterocycles. The average Bonchev–Trinajstić information content (AvgIpc) is 2.51. The molecule has 1 aromatic rings. The fourth-order valence-corrected chi connectivity index (χ4v) is 3.67. The van der Waals surface area contributed by atoms with Gasteiger partial charge in [-0.25, -0.2) is 8.42 Å². The van der Waals surface area contributed by atoms with Crippen LogP contribution in [0, 0.1) is 0 Å². The van der Waals surface area contributed by atoms with Gasteiger partial charge in [0, 0.05) is 25.4 Å². The Morgan fingerprint density at radius 3 is 2.57 bits per heavy atom. The van der Waals surface area contributed by atoms with Crippen LogP contribution in [0.5, 0.6) is 5.75 Å². The number of sulfone groups is 1. The Morgan fingerprint density at radius 1 is 1.26 bits per heavy atom. The smallest absolute Gasteiger partial charge is 0.148 e. The van der Waals surface area contributed by atoms with Crippen molar-refractivity contribution in [3.63, 3.8) is 0 Å². The van der Waals surface area contributed by atoms with Crippen LogP contribution in [0.25, 0.3) is 0 Å². The highest BCUT2D eigenvalue weighted by Crippen LogP contribution is 2.25. The number of ether oxygens (including phenoxy) is 1. The zero-order valence-corrected chi connectivity index (χ0v) is 14.8. The molecule has 0 bridgehead atoms. The third-order valence-electron chi connectivity index (χ3n) is 4.45. The lowest BCUT2D eigenvalue weighted by molar-refractivity contribution is 0.0730. The highest BCUT2D eigenvalue weighted by molar-refractivity contribution is 7.90. The zero-order valence-electron chi connectivity index (χ0n) is 13.9. The molecule has 0 heterocycles. The molecule has 5 nitrogen and oxygen atoms in total. The summed E-state index contributed by atoms with van der Waals surface area (Å²) < 4.78 is 28.3. The lowest BCUT2D eigenvalue weighted by Gasteiger charge is -2.35. The van der Waals surface area contributed by atoms with Crippen LogP contribution in [-0.2, 0) is 16.4 Å². The van der Waals surface area contributed by atoms with E-state index in [1.807, 2.05) is 24.3 Å². The Morgan fingerprint density at radius 2 is 1.96 bits per heavy atom. The van der Waals surface area contributed by atoms with E-state index in [4.69, 9.17) is 4.74 Å². The van der Waals surface area contributed by atoms with Crippen LogP contribution in [0.1, 0.15) is 31.2 Å². The summed E-state index contributed by atoms with van der Waals surface area (Å²) in [6, 6.07) is 8.21. The second-order valence-corrected chi connectivity index (χ2v) is 8.67. The van der Waals surface area contributed by atoms with E-state index in [1.165, 1.54) is 6.26 Å². The lowest BCUT2D eigenvalue weighted by atomic mass is 9.91. The van der Waals surface area contributed by atoms with Crippen molar-refractivity contribution in [2.24, 2.45) is 0 Å². The summed E-state index contributed by atoms with van der Waals surface area (Å²) in [5.74, 6) is 0.973. The van der Waals surface area contributed by atoms with Gasteiger partial charge < -0.3 is 9.84 Å². The van der Waals surface area contributed by atoms with Crippen molar-refractivity contribution in [2.45, 2.75) is 44.4 Å². The quantitative estimate of drug-likeness (QED) is 0.820. The largest absolute Gasteiger partial charge is 0.497 e. The van der Waals surface area contributed by atoms with Crippen LogP contribution in [0.4, 0.5) is 0 Å². The molecule has 0 spiro atoms. The molecular weight excluding hydrogens is 314 g/mol. The molecule has 1 aromatic carbocycles. The van der Waals surface area contributed by atoms with Gasteiger partial charge in [0.1, 0.15) is 15.6 Å². The van der Waals surface area contributed by atoms with Gasteiger partial charge in [-0.3, -0.25) is 4.90 Å². The third kappa shape index (κ3) is 6.12. The SMILES string of the molecule is COc1cccc(CN(CCS(C)(=O)=O)C2CCC(O)CC2)c1. The van der Waals surface area contributed by atoms with E-state index in [-0.39, 0.29) is 11.9 Å². The zero-order chi connectivity index (χ0) is 16.9. The van der Waals surface area contributed by atoms with Crippen molar-refractivity contribution >= 4 is 9.84 Å². The van der Waals surface area contributed by atoms with Gasteiger partial charge in [0.25, 0.3) is 0 Å². The second kappa shape index (κ2) is 8.13. The Bertz CT molecular complexity index is 594. The molecule has 0 radical (unpaired) electrons. The molecular formula is C17H27NO4S. The van der Waals surface area contributed by atoms with Crippen LogP contribution in [-0.4, -0.2) is 56.2 Å². The van der Waals surface area contributed by atoms with E-state index in [0.29, 0.717) is 19.1 Å². The summed E-state index contributed by atoms with van der Waals surface area (Å²) in [5.41, 5.74) is 1.11. The predicted molar refractivity (Wildman–Crippen MR) is 91.4 cm³/mol. The topological polar surface area (TPSA) is 66.8 Å². The molecule has 1 fully saturated rings. The fraction of sp³-hybridized carbons (Fsp3) is 0.647. The van der Waals surface area contributed by atoms with Crippen LogP contribution >= 0.6 is 0 Å². The van der Waals surface area contributed by atoms with Gasteiger partial charge in [0.15, 0.2) is 0 Å².